The molecule has 0 aliphatic rings. The van der Waals surface area contributed by atoms with Crippen LogP contribution < -0.4 is 4.74 Å². The Morgan fingerprint density at radius 2 is 1.83 bits per heavy atom. The van der Waals surface area contributed by atoms with Gasteiger partial charge in [0, 0.05) is 11.3 Å². The van der Waals surface area contributed by atoms with Gasteiger partial charge in [0.15, 0.2) is 0 Å². The van der Waals surface area contributed by atoms with Gasteiger partial charge in [-0.15, -0.1) is 10.2 Å². The zero-order valence-electron chi connectivity index (χ0n) is 12.1. The van der Waals surface area contributed by atoms with E-state index in [-0.39, 0.29) is 0 Å². The standard InChI is InChI=1S/C16H12Cl2N2O2S/c1-21-12-5-3-11(4-6-12)15-19-20-16(22-15)23-9-10-2-7-13(17)14(18)8-10/h2-8H,9H2,1H3. The molecular formula is C16H12Cl2N2O2S. The summed E-state index contributed by atoms with van der Waals surface area (Å²) in [6.45, 7) is 0. The number of thioether (sulfide) groups is 1. The van der Waals surface area contributed by atoms with Crippen LogP contribution in [0.5, 0.6) is 5.75 Å². The van der Waals surface area contributed by atoms with E-state index >= 15 is 0 Å². The van der Waals surface area contributed by atoms with Gasteiger partial charge >= 0.3 is 0 Å². The van der Waals surface area contributed by atoms with Gasteiger partial charge in [-0.3, -0.25) is 0 Å². The first kappa shape index (κ1) is 16.2. The maximum absolute atomic E-state index is 6.00. The summed E-state index contributed by atoms with van der Waals surface area (Å²) in [5, 5.41) is 9.69. The van der Waals surface area contributed by atoms with Crippen LogP contribution in [-0.2, 0) is 5.75 Å². The van der Waals surface area contributed by atoms with Crippen LogP contribution in [0.25, 0.3) is 11.5 Å². The molecule has 0 spiro atoms. The van der Waals surface area contributed by atoms with E-state index in [1.807, 2.05) is 36.4 Å². The normalized spacial score (nSPS) is 10.7. The summed E-state index contributed by atoms with van der Waals surface area (Å²) >= 11 is 13.3. The molecule has 0 saturated heterocycles. The minimum atomic E-state index is 0.476. The molecule has 0 saturated carbocycles. The van der Waals surface area contributed by atoms with Crippen molar-refractivity contribution in [2.75, 3.05) is 7.11 Å². The second-order valence-electron chi connectivity index (χ2n) is 4.64. The van der Waals surface area contributed by atoms with Crippen molar-refractivity contribution in [2.45, 2.75) is 11.0 Å². The van der Waals surface area contributed by atoms with Crippen LogP contribution in [0.4, 0.5) is 0 Å². The molecule has 0 radical (unpaired) electrons. The van der Waals surface area contributed by atoms with Gasteiger partial charge in [0.25, 0.3) is 5.22 Å². The Kier molecular flexibility index (Phi) is 5.10. The van der Waals surface area contributed by atoms with Crippen molar-refractivity contribution in [3.8, 4) is 17.2 Å². The van der Waals surface area contributed by atoms with E-state index < -0.39 is 0 Å². The molecule has 4 nitrogen and oxygen atoms in total. The molecule has 1 heterocycles. The molecule has 0 atom stereocenters. The van der Waals surface area contributed by atoms with Gasteiger partial charge in [-0.1, -0.05) is 41.0 Å². The lowest BCUT2D eigenvalue weighted by Crippen LogP contribution is -1.82. The summed E-state index contributed by atoms with van der Waals surface area (Å²) in [7, 11) is 1.62. The zero-order chi connectivity index (χ0) is 16.2. The highest BCUT2D eigenvalue weighted by Crippen LogP contribution is 2.29. The second kappa shape index (κ2) is 7.25. The smallest absolute Gasteiger partial charge is 0.277 e. The first-order valence-corrected chi connectivity index (χ1v) is 8.44. The summed E-state index contributed by atoms with van der Waals surface area (Å²) in [6, 6.07) is 13.0. The minimum Gasteiger partial charge on any atom is -0.497 e. The number of ether oxygens (including phenoxy) is 1. The topological polar surface area (TPSA) is 48.2 Å². The SMILES string of the molecule is COc1ccc(-c2nnc(SCc3ccc(Cl)c(Cl)c3)o2)cc1. The van der Waals surface area contributed by atoms with E-state index in [2.05, 4.69) is 10.2 Å². The lowest BCUT2D eigenvalue weighted by molar-refractivity contribution is 0.414. The summed E-state index contributed by atoms with van der Waals surface area (Å²) in [6.07, 6.45) is 0. The monoisotopic (exact) mass is 366 g/mol. The highest BCUT2D eigenvalue weighted by molar-refractivity contribution is 7.98. The number of methoxy groups -OCH3 is 1. The molecule has 1 aromatic heterocycles. The number of halogens is 2. The van der Waals surface area contributed by atoms with Crippen LogP contribution in [-0.4, -0.2) is 17.3 Å². The van der Waals surface area contributed by atoms with Gasteiger partial charge < -0.3 is 9.15 Å². The predicted octanol–water partition coefficient (Wildman–Crippen LogP) is 5.34. The Labute approximate surface area is 147 Å². The Bertz CT molecular complexity index is 806. The van der Waals surface area contributed by atoms with E-state index in [4.69, 9.17) is 32.4 Å². The van der Waals surface area contributed by atoms with Gasteiger partial charge in [-0.05, 0) is 42.0 Å². The van der Waals surface area contributed by atoms with Crippen LogP contribution >= 0.6 is 35.0 Å². The molecule has 23 heavy (non-hydrogen) atoms. The van der Waals surface area contributed by atoms with E-state index in [1.165, 1.54) is 11.8 Å². The Morgan fingerprint density at radius 1 is 1.04 bits per heavy atom. The summed E-state index contributed by atoms with van der Waals surface area (Å²) in [4.78, 5) is 0. The quantitative estimate of drug-likeness (QED) is 0.570. The van der Waals surface area contributed by atoms with Gasteiger partial charge in [-0.25, -0.2) is 0 Å². The van der Waals surface area contributed by atoms with Crippen molar-refractivity contribution in [2.24, 2.45) is 0 Å². The van der Waals surface area contributed by atoms with Gasteiger partial charge in [0.2, 0.25) is 5.89 Å². The van der Waals surface area contributed by atoms with Crippen molar-refractivity contribution < 1.29 is 9.15 Å². The number of rotatable bonds is 5. The van der Waals surface area contributed by atoms with E-state index in [0.717, 1.165) is 16.9 Å². The lowest BCUT2D eigenvalue weighted by atomic mass is 10.2. The Morgan fingerprint density at radius 3 is 2.52 bits per heavy atom. The molecule has 0 N–H and O–H groups in total. The fraction of sp³-hybridized carbons (Fsp3) is 0.125. The molecule has 0 aliphatic heterocycles. The van der Waals surface area contributed by atoms with Gasteiger partial charge in [0.05, 0.1) is 17.2 Å². The van der Waals surface area contributed by atoms with Crippen LogP contribution in [0.3, 0.4) is 0 Å². The molecule has 3 aromatic rings. The summed E-state index contributed by atoms with van der Waals surface area (Å²) in [5.41, 5.74) is 1.88. The maximum atomic E-state index is 6.00. The fourth-order valence-electron chi connectivity index (χ4n) is 1.89. The highest BCUT2D eigenvalue weighted by Gasteiger charge is 2.10. The Hall–Kier alpha value is -1.69. The molecule has 0 aliphatic carbocycles. The highest BCUT2D eigenvalue weighted by atomic mass is 35.5. The average Bonchev–Trinajstić information content (AvgIpc) is 3.05. The van der Waals surface area contributed by atoms with Gasteiger partial charge in [0.1, 0.15) is 5.75 Å². The third-order valence-electron chi connectivity index (χ3n) is 3.09. The largest absolute Gasteiger partial charge is 0.497 e. The summed E-state index contributed by atoms with van der Waals surface area (Å²) in [5.74, 6) is 1.92. The molecule has 118 valence electrons. The molecule has 0 bridgehead atoms. The molecule has 3 rings (SSSR count). The number of benzene rings is 2. The lowest BCUT2D eigenvalue weighted by Gasteiger charge is -2.01. The fourth-order valence-corrected chi connectivity index (χ4v) is 2.92. The third kappa shape index (κ3) is 3.99. The van der Waals surface area contributed by atoms with Crippen LogP contribution in [0, 0.1) is 0 Å². The number of nitrogens with zero attached hydrogens (tertiary/aromatic N) is 2. The molecule has 2 aromatic carbocycles. The molecule has 0 fully saturated rings. The van der Waals surface area contributed by atoms with Crippen LogP contribution in [0.1, 0.15) is 5.56 Å². The van der Waals surface area contributed by atoms with Crippen molar-refractivity contribution in [3.05, 3.63) is 58.1 Å². The van der Waals surface area contributed by atoms with Crippen LogP contribution in [0.2, 0.25) is 10.0 Å². The average molecular weight is 367 g/mol. The van der Waals surface area contributed by atoms with Crippen LogP contribution in [0.15, 0.2) is 52.1 Å². The van der Waals surface area contributed by atoms with Crippen molar-refractivity contribution in [1.82, 2.24) is 10.2 Å². The van der Waals surface area contributed by atoms with Crippen molar-refractivity contribution in [1.29, 1.82) is 0 Å². The second-order valence-corrected chi connectivity index (χ2v) is 6.38. The summed E-state index contributed by atoms with van der Waals surface area (Å²) < 4.78 is 10.8. The predicted molar refractivity (Wildman–Crippen MR) is 92.3 cm³/mol. The molecule has 0 unspecified atom stereocenters. The van der Waals surface area contributed by atoms with Crippen molar-refractivity contribution >= 4 is 35.0 Å². The molecular weight excluding hydrogens is 355 g/mol. The van der Waals surface area contributed by atoms with E-state index in [1.54, 1.807) is 13.2 Å². The molecule has 7 heteroatoms. The maximum Gasteiger partial charge on any atom is 0.277 e. The third-order valence-corrected chi connectivity index (χ3v) is 4.72. The number of hydrogen-bond acceptors (Lipinski definition) is 5. The number of hydrogen-bond donors (Lipinski definition) is 0. The minimum absolute atomic E-state index is 0.476. The first-order chi connectivity index (χ1) is 11.2. The van der Waals surface area contributed by atoms with Gasteiger partial charge in [-0.2, -0.15) is 0 Å². The zero-order valence-corrected chi connectivity index (χ0v) is 14.5. The molecule has 0 amide bonds. The van der Waals surface area contributed by atoms with E-state index in [0.29, 0.717) is 26.9 Å². The first-order valence-electron chi connectivity index (χ1n) is 6.70. The van der Waals surface area contributed by atoms with E-state index in [9.17, 15) is 0 Å². The van der Waals surface area contributed by atoms with Crippen molar-refractivity contribution in [3.63, 3.8) is 0 Å². The Balaban J connectivity index is 1.67. The number of aromatic nitrogens is 2.